The standard InChI is InChI=1S/C34H58P2/c1-31(2,3)35(32(4,5)6)22-30(29-8-7-9-29)36(33-16-23-10-24(17-33)12-25(11-23)18-33)34-19-26-13-27(20-34)15-28(14-26)21-34/h23-30H,7-22H2,1-6H3. The monoisotopic (exact) mass is 528 g/mol. The molecular weight excluding hydrogens is 470 g/mol. The molecule has 0 nitrogen and oxygen atoms in total. The minimum atomic E-state index is 0.0147. The maximum Gasteiger partial charge on any atom is -0.00788 e. The maximum atomic E-state index is 2.62. The number of rotatable bonds is 6. The van der Waals surface area contributed by atoms with Crippen molar-refractivity contribution in [3.63, 3.8) is 0 Å². The van der Waals surface area contributed by atoms with Gasteiger partial charge in [0.05, 0.1) is 0 Å². The first-order chi connectivity index (χ1) is 16.9. The summed E-state index contributed by atoms with van der Waals surface area (Å²) in [6.45, 7) is 15.7. The van der Waals surface area contributed by atoms with Crippen molar-refractivity contribution in [2.45, 2.75) is 164 Å². The molecule has 9 fully saturated rings. The maximum absolute atomic E-state index is 2.62. The van der Waals surface area contributed by atoms with E-state index in [0.717, 1.165) is 57.4 Å². The van der Waals surface area contributed by atoms with E-state index < -0.39 is 0 Å². The van der Waals surface area contributed by atoms with E-state index >= 15 is 0 Å². The minimum Gasteiger partial charge on any atom is -0.0950 e. The van der Waals surface area contributed by atoms with Crippen LogP contribution < -0.4 is 0 Å². The molecule has 2 heteroatoms. The van der Waals surface area contributed by atoms with Gasteiger partial charge in [0, 0.05) is 0 Å². The van der Waals surface area contributed by atoms with Crippen LogP contribution in [-0.2, 0) is 0 Å². The SMILES string of the molecule is CC(C)(C)P(CC(C1CCC1)P(C12CC3CC(CC(C3)C1)C2)C12CC3CC(CC(C3)C1)C2)C(C)(C)C. The molecule has 0 aromatic carbocycles. The molecule has 0 amide bonds. The molecule has 9 aliphatic rings. The van der Waals surface area contributed by atoms with E-state index in [4.69, 9.17) is 0 Å². The van der Waals surface area contributed by atoms with E-state index in [2.05, 4.69) is 41.5 Å². The third kappa shape index (κ3) is 4.26. The summed E-state index contributed by atoms with van der Waals surface area (Å²) in [5, 5.41) is 2.60. The summed E-state index contributed by atoms with van der Waals surface area (Å²) in [4.78, 5) is 0. The second kappa shape index (κ2) is 8.68. The predicted molar refractivity (Wildman–Crippen MR) is 161 cm³/mol. The molecule has 0 aromatic heterocycles. The first-order valence-corrected chi connectivity index (χ1v) is 19.4. The molecule has 1 atom stereocenters. The van der Waals surface area contributed by atoms with Crippen LogP contribution in [0.1, 0.15) is 138 Å². The lowest BCUT2D eigenvalue weighted by molar-refractivity contribution is 0.0171. The average Bonchev–Trinajstić information content (AvgIpc) is 2.66. The van der Waals surface area contributed by atoms with Crippen molar-refractivity contribution < 1.29 is 0 Å². The van der Waals surface area contributed by atoms with Gasteiger partial charge in [-0.25, -0.2) is 0 Å². The van der Waals surface area contributed by atoms with Gasteiger partial charge in [0.25, 0.3) is 0 Å². The van der Waals surface area contributed by atoms with Crippen LogP contribution in [0.4, 0.5) is 0 Å². The van der Waals surface area contributed by atoms with Crippen LogP contribution in [-0.4, -0.2) is 32.4 Å². The highest BCUT2D eigenvalue weighted by molar-refractivity contribution is 7.65. The highest BCUT2D eigenvalue weighted by Crippen LogP contribution is 2.82. The van der Waals surface area contributed by atoms with Crippen LogP contribution in [0.2, 0.25) is 0 Å². The second-order valence-corrected chi connectivity index (χ2v) is 25.1. The summed E-state index contributed by atoms with van der Waals surface area (Å²) in [5.41, 5.74) is 1.12. The third-order valence-electron chi connectivity index (χ3n) is 13.0. The van der Waals surface area contributed by atoms with Crippen LogP contribution in [0, 0.1) is 41.4 Å². The first-order valence-electron chi connectivity index (χ1n) is 16.5. The van der Waals surface area contributed by atoms with Gasteiger partial charge < -0.3 is 0 Å². The number of hydrogen-bond acceptors (Lipinski definition) is 0. The lowest BCUT2D eigenvalue weighted by atomic mass is 9.55. The highest BCUT2D eigenvalue weighted by Gasteiger charge is 2.65. The van der Waals surface area contributed by atoms with Gasteiger partial charge in [0.1, 0.15) is 0 Å². The molecule has 1 unspecified atom stereocenters. The molecule has 36 heavy (non-hydrogen) atoms. The van der Waals surface area contributed by atoms with Crippen LogP contribution in [0.15, 0.2) is 0 Å². The Morgan fingerprint density at radius 1 is 0.583 bits per heavy atom. The fourth-order valence-corrected chi connectivity index (χ4v) is 23.7. The molecule has 0 heterocycles. The Kier molecular flexibility index (Phi) is 6.22. The smallest absolute Gasteiger partial charge is 0.00788 e. The van der Waals surface area contributed by atoms with Gasteiger partial charge in [0.2, 0.25) is 0 Å². The van der Waals surface area contributed by atoms with E-state index in [1.165, 1.54) is 0 Å². The van der Waals surface area contributed by atoms with Gasteiger partial charge in [-0.1, -0.05) is 63.8 Å². The fourth-order valence-electron chi connectivity index (χ4n) is 12.9. The Morgan fingerprint density at radius 3 is 1.17 bits per heavy atom. The zero-order valence-electron chi connectivity index (χ0n) is 24.8. The van der Waals surface area contributed by atoms with Crippen molar-refractivity contribution in [1.82, 2.24) is 0 Å². The van der Waals surface area contributed by atoms with Crippen molar-refractivity contribution in [1.29, 1.82) is 0 Å². The summed E-state index contributed by atoms with van der Waals surface area (Å²) in [5.74, 6) is 7.88. The minimum absolute atomic E-state index is 0.0147. The average molecular weight is 529 g/mol. The summed E-state index contributed by atoms with van der Waals surface area (Å²) in [7, 11) is 0.138. The lowest BCUT2D eigenvalue weighted by Gasteiger charge is -2.70. The van der Waals surface area contributed by atoms with Gasteiger partial charge in [-0.15, -0.1) is 0 Å². The third-order valence-corrected chi connectivity index (χ3v) is 21.7. The molecule has 0 N–H and O–H groups in total. The summed E-state index contributed by atoms with van der Waals surface area (Å²) in [6, 6.07) is 0. The van der Waals surface area contributed by atoms with E-state index in [0.29, 0.717) is 10.3 Å². The summed E-state index contributed by atoms with van der Waals surface area (Å²) >= 11 is 0. The molecule has 9 rings (SSSR count). The molecule has 8 bridgehead atoms. The van der Waals surface area contributed by atoms with Gasteiger partial charge >= 0.3 is 0 Å². The largest absolute Gasteiger partial charge is 0.0950 e. The van der Waals surface area contributed by atoms with Gasteiger partial charge in [-0.05, 0) is 164 Å². The highest BCUT2D eigenvalue weighted by atomic mass is 31.1. The van der Waals surface area contributed by atoms with Crippen molar-refractivity contribution in [3.8, 4) is 0 Å². The van der Waals surface area contributed by atoms with E-state index in [-0.39, 0.29) is 15.8 Å². The molecule has 204 valence electrons. The van der Waals surface area contributed by atoms with Gasteiger partial charge in [0.15, 0.2) is 0 Å². The zero-order chi connectivity index (χ0) is 25.1. The van der Waals surface area contributed by atoms with Crippen LogP contribution in [0.5, 0.6) is 0 Å². The molecule has 0 radical (unpaired) electrons. The topological polar surface area (TPSA) is 0 Å². The summed E-state index contributed by atoms with van der Waals surface area (Å²) in [6.07, 6.45) is 26.3. The van der Waals surface area contributed by atoms with Crippen LogP contribution in [0.25, 0.3) is 0 Å². The number of hydrogen-bond donors (Lipinski definition) is 0. The first kappa shape index (κ1) is 25.8. The van der Waals surface area contributed by atoms with Crippen molar-refractivity contribution >= 4 is 15.8 Å². The molecule has 0 spiro atoms. The zero-order valence-corrected chi connectivity index (χ0v) is 26.6. The fraction of sp³-hybridized carbons (Fsp3) is 1.00. The van der Waals surface area contributed by atoms with E-state index in [9.17, 15) is 0 Å². The Morgan fingerprint density at radius 2 is 0.917 bits per heavy atom. The molecule has 0 aliphatic heterocycles. The molecule has 0 saturated heterocycles. The van der Waals surface area contributed by atoms with Crippen molar-refractivity contribution in [3.05, 3.63) is 0 Å². The Balaban J connectivity index is 1.33. The van der Waals surface area contributed by atoms with Crippen molar-refractivity contribution in [2.24, 2.45) is 41.4 Å². The predicted octanol–water partition coefficient (Wildman–Crippen LogP) is 10.7. The molecule has 9 saturated carbocycles. The van der Waals surface area contributed by atoms with Crippen LogP contribution >= 0.6 is 15.8 Å². The summed E-state index contributed by atoms with van der Waals surface area (Å²) < 4.78 is 0. The van der Waals surface area contributed by atoms with Crippen molar-refractivity contribution in [2.75, 3.05) is 6.16 Å². The van der Waals surface area contributed by atoms with Crippen LogP contribution in [0.3, 0.4) is 0 Å². The molecular formula is C34H58P2. The normalized spacial score (nSPS) is 47.4. The quantitative estimate of drug-likeness (QED) is 0.301. The second-order valence-electron chi connectivity index (χ2n) is 17.9. The lowest BCUT2D eigenvalue weighted by Crippen LogP contribution is -2.59. The molecule has 0 aromatic rings. The van der Waals surface area contributed by atoms with E-state index in [1.54, 1.807) is 102 Å². The molecule has 9 aliphatic carbocycles. The Hall–Kier alpha value is 0.860. The Bertz CT molecular complexity index is 710. The Labute approximate surface area is 227 Å². The van der Waals surface area contributed by atoms with E-state index in [1.807, 2.05) is 0 Å². The van der Waals surface area contributed by atoms with Gasteiger partial charge in [-0.3, -0.25) is 0 Å². The van der Waals surface area contributed by atoms with Gasteiger partial charge in [-0.2, -0.15) is 0 Å².